The molecule has 0 spiro atoms. The minimum Gasteiger partial charge on any atom is -0.383 e. The second-order valence-electron chi connectivity index (χ2n) is 3.81. The van der Waals surface area contributed by atoms with Crippen molar-refractivity contribution in [1.29, 1.82) is 0 Å². The third-order valence-electron chi connectivity index (χ3n) is 3.13. The van der Waals surface area contributed by atoms with Crippen LogP contribution in [0.15, 0.2) is 0 Å². The van der Waals surface area contributed by atoms with Crippen LogP contribution < -0.4 is 5.73 Å². The van der Waals surface area contributed by atoms with Gasteiger partial charge in [-0.1, -0.05) is 6.92 Å². The molecule has 1 fully saturated rings. The predicted molar refractivity (Wildman–Crippen MR) is 62.9 cm³/mol. The van der Waals surface area contributed by atoms with Crippen LogP contribution >= 0.6 is 11.8 Å². The maximum atomic E-state index is 5.91. The summed E-state index contributed by atoms with van der Waals surface area (Å²) in [6.07, 6.45) is 1.07. The Kier molecular flexibility index (Phi) is 5.23. The zero-order valence-electron chi connectivity index (χ0n) is 9.29. The van der Waals surface area contributed by atoms with Crippen molar-refractivity contribution in [3.05, 3.63) is 0 Å². The van der Waals surface area contributed by atoms with Gasteiger partial charge in [-0.25, -0.2) is 0 Å². The van der Waals surface area contributed by atoms with Gasteiger partial charge < -0.3 is 10.5 Å². The largest absolute Gasteiger partial charge is 0.383 e. The third-order valence-corrected chi connectivity index (χ3v) is 4.08. The topological polar surface area (TPSA) is 38.5 Å². The molecule has 1 unspecified atom stereocenters. The van der Waals surface area contributed by atoms with Crippen molar-refractivity contribution in [2.45, 2.75) is 18.9 Å². The molecule has 4 heteroatoms. The van der Waals surface area contributed by atoms with Gasteiger partial charge in [0.1, 0.15) is 0 Å². The highest BCUT2D eigenvalue weighted by Crippen LogP contribution is 2.23. The number of hydrogen-bond donors (Lipinski definition) is 1. The maximum absolute atomic E-state index is 5.91. The van der Waals surface area contributed by atoms with Gasteiger partial charge in [0.05, 0.1) is 12.1 Å². The molecule has 1 aliphatic rings. The van der Waals surface area contributed by atoms with Gasteiger partial charge in [0.25, 0.3) is 0 Å². The molecule has 0 bridgehead atoms. The highest BCUT2D eigenvalue weighted by atomic mass is 32.2. The van der Waals surface area contributed by atoms with Gasteiger partial charge in [0.15, 0.2) is 0 Å². The van der Waals surface area contributed by atoms with Gasteiger partial charge in [-0.2, -0.15) is 11.8 Å². The van der Waals surface area contributed by atoms with E-state index in [1.165, 1.54) is 11.5 Å². The molecule has 1 rings (SSSR count). The number of rotatable bonds is 5. The van der Waals surface area contributed by atoms with Crippen LogP contribution in [0.25, 0.3) is 0 Å². The molecule has 0 radical (unpaired) electrons. The molecule has 1 aliphatic heterocycles. The summed E-state index contributed by atoms with van der Waals surface area (Å²) in [5.41, 5.74) is 5.99. The molecule has 1 saturated heterocycles. The van der Waals surface area contributed by atoms with Crippen LogP contribution in [0, 0.1) is 0 Å². The van der Waals surface area contributed by atoms with Crippen LogP contribution in [-0.2, 0) is 4.74 Å². The van der Waals surface area contributed by atoms with Gasteiger partial charge in [0, 0.05) is 38.2 Å². The molecule has 0 amide bonds. The highest BCUT2D eigenvalue weighted by molar-refractivity contribution is 7.99. The van der Waals surface area contributed by atoms with E-state index >= 15 is 0 Å². The Morgan fingerprint density at radius 2 is 2.07 bits per heavy atom. The van der Waals surface area contributed by atoms with Crippen LogP contribution in [0.1, 0.15) is 13.3 Å². The molecule has 0 aromatic heterocycles. The molecule has 0 aliphatic carbocycles. The normalized spacial score (nSPS) is 23.4. The fourth-order valence-electron chi connectivity index (χ4n) is 2.06. The second kappa shape index (κ2) is 5.95. The number of hydrogen-bond acceptors (Lipinski definition) is 4. The van der Waals surface area contributed by atoms with Crippen molar-refractivity contribution in [2.75, 3.05) is 44.9 Å². The van der Waals surface area contributed by atoms with Crippen LogP contribution in [0.3, 0.4) is 0 Å². The molecule has 1 heterocycles. The molecule has 14 heavy (non-hydrogen) atoms. The molecule has 3 nitrogen and oxygen atoms in total. The summed E-state index contributed by atoms with van der Waals surface area (Å²) in [5, 5.41) is 0. The highest BCUT2D eigenvalue weighted by Gasteiger charge is 2.34. The first kappa shape index (κ1) is 12.3. The Morgan fingerprint density at radius 3 is 2.50 bits per heavy atom. The van der Waals surface area contributed by atoms with Crippen molar-refractivity contribution in [2.24, 2.45) is 5.73 Å². The molecule has 1 atom stereocenters. The zero-order valence-corrected chi connectivity index (χ0v) is 10.1. The number of methoxy groups -OCH3 is 1. The van der Waals surface area contributed by atoms with E-state index in [0.29, 0.717) is 6.54 Å². The molecule has 0 saturated carbocycles. The van der Waals surface area contributed by atoms with E-state index < -0.39 is 0 Å². The van der Waals surface area contributed by atoms with Gasteiger partial charge in [-0.05, 0) is 6.42 Å². The molecule has 2 N–H and O–H groups in total. The van der Waals surface area contributed by atoms with Crippen molar-refractivity contribution in [3.63, 3.8) is 0 Å². The Balaban J connectivity index is 2.62. The molecule has 0 aromatic carbocycles. The van der Waals surface area contributed by atoms with Gasteiger partial charge in [-0.15, -0.1) is 0 Å². The van der Waals surface area contributed by atoms with E-state index in [1.54, 1.807) is 7.11 Å². The number of nitrogens with zero attached hydrogens (tertiary/aromatic N) is 1. The van der Waals surface area contributed by atoms with Crippen LogP contribution in [0.2, 0.25) is 0 Å². The molecule has 84 valence electrons. The summed E-state index contributed by atoms with van der Waals surface area (Å²) < 4.78 is 5.31. The first-order valence-corrected chi connectivity index (χ1v) is 6.46. The van der Waals surface area contributed by atoms with Gasteiger partial charge in [0.2, 0.25) is 0 Å². The molecular formula is C10H22N2OS. The van der Waals surface area contributed by atoms with Crippen molar-refractivity contribution >= 4 is 11.8 Å². The number of thioether (sulfide) groups is 1. The summed E-state index contributed by atoms with van der Waals surface area (Å²) >= 11 is 2.03. The first-order chi connectivity index (χ1) is 6.79. The monoisotopic (exact) mass is 218 g/mol. The summed E-state index contributed by atoms with van der Waals surface area (Å²) in [6, 6.07) is 0. The van der Waals surface area contributed by atoms with Crippen LogP contribution in [0.4, 0.5) is 0 Å². The number of ether oxygens (including phenoxy) is 1. The zero-order chi connectivity index (χ0) is 10.4. The standard InChI is InChI=1S/C10H22N2OS/c1-3-10(8-11,9-13-2)12-4-6-14-7-5-12/h3-9,11H2,1-2H3. The lowest BCUT2D eigenvalue weighted by molar-refractivity contribution is 0.0178. The average Bonchev–Trinajstić information content (AvgIpc) is 2.27. The minimum atomic E-state index is 0.0791. The summed E-state index contributed by atoms with van der Waals surface area (Å²) in [7, 11) is 1.76. The van der Waals surface area contributed by atoms with Crippen molar-refractivity contribution < 1.29 is 4.74 Å². The Bertz CT molecular complexity index is 156. The quantitative estimate of drug-likeness (QED) is 0.740. The lowest BCUT2D eigenvalue weighted by Gasteiger charge is -2.44. The third kappa shape index (κ3) is 2.63. The van der Waals surface area contributed by atoms with E-state index in [1.807, 2.05) is 11.8 Å². The molecule has 0 aromatic rings. The van der Waals surface area contributed by atoms with E-state index in [2.05, 4.69) is 11.8 Å². The van der Waals surface area contributed by atoms with Gasteiger partial charge in [-0.3, -0.25) is 4.90 Å². The van der Waals surface area contributed by atoms with E-state index in [0.717, 1.165) is 26.1 Å². The van der Waals surface area contributed by atoms with Crippen molar-refractivity contribution in [3.8, 4) is 0 Å². The van der Waals surface area contributed by atoms with E-state index in [-0.39, 0.29) is 5.54 Å². The minimum absolute atomic E-state index is 0.0791. The van der Waals surface area contributed by atoms with Crippen molar-refractivity contribution in [1.82, 2.24) is 4.90 Å². The first-order valence-electron chi connectivity index (χ1n) is 5.31. The molecular weight excluding hydrogens is 196 g/mol. The Morgan fingerprint density at radius 1 is 1.43 bits per heavy atom. The predicted octanol–water partition coefficient (Wildman–Crippen LogP) is 0.789. The Labute approximate surface area is 91.4 Å². The fraction of sp³-hybridized carbons (Fsp3) is 1.00. The smallest absolute Gasteiger partial charge is 0.0658 e. The second-order valence-corrected chi connectivity index (χ2v) is 5.04. The fourth-order valence-corrected chi connectivity index (χ4v) is 2.96. The lowest BCUT2D eigenvalue weighted by Crippen LogP contribution is -2.58. The number of nitrogens with two attached hydrogens (primary N) is 1. The van der Waals surface area contributed by atoms with Crippen LogP contribution in [-0.4, -0.2) is 55.3 Å². The average molecular weight is 218 g/mol. The Hall–Kier alpha value is 0.230. The SMILES string of the molecule is CCC(CN)(COC)N1CCSCC1. The summed E-state index contributed by atoms with van der Waals surface area (Å²) in [5.74, 6) is 2.46. The summed E-state index contributed by atoms with van der Waals surface area (Å²) in [6.45, 7) is 5.96. The van der Waals surface area contributed by atoms with E-state index in [4.69, 9.17) is 10.5 Å². The van der Waals surface area contributed by atoms with E-state index in [9.17, 15) is 0 Å². The van der Waals surface area contributed by atoms with Gasteiger partial charge >= 0.3 is 0 Å². The summed E-state index contributed by atoms with van der Waals surface area (Å²) in [4.78, 5) is 2.51. The maximum Gasteiger partial charge on any atom is 0.0658 e. The lowest BCUT2D eigenvalue weighted by atomic mass is 9.94. The van der Waals surface area contributed by atoms with Crippen LogP contribution in [0.5, 0.6) is 0 Å².